The second-order valence-electron chi connectivity index (χ2n) is 3.97. The van der Waals surface area contributed by atoms with E-state index in [2.05, 4.69) is 0 Å². The van der Waals surface area contributed by atoms with Crippen molar-refractivity contribution in [3.63, 3.8) is 0 Å². The first-order valence-corrected chi connectivity index (χ1v) is 5.31. The van der Waals surface area contributed by atoms with Gasteiger partial charge in [0, 0.05) is 11.6 Å². The molecule has 0 radical (unpaired) electrons. The number of primary amides is 1. The van der Waals surface area contributed by atoms with Gasteiger partial charge in [-0.3, -0.25) is 4.79 Å². The summed E-state index contributed by atoms with van der Waals surface area (Å²) < 4.78 is 18.3. The van der Waals surface area contributed by atoms with Crippen molar-refractivity contribution in [2.24, 2.45) is 11.7 Å². The number of amides is 1. The maximum Gasteiger partial charge on any atom is 0.223 e. The van der Waals surface area contributed by atoms with Crippen molar-refractivity contribution in [1.29, 1.82) is 0 Å². The molecule has 0 aliphatic heterocycles. The van der Waals surface area contributed by atoms with Crippen molar-refractivity contribution < 1.29 is 19.0 Å². The minimum atomic E-state index is -0.769. The first-order chi connectivity index (χ1) is 7.91. The zero-order valence-electron chi connectivity index (χ0n) is 9.81. The summed E-state index contributed by atoms with van der Waals surface area (Å²) in [5, 5.41) is 9.48. The van der Waals surface area contributed by atoms with Crippen LogP contribution in [0.3, 0.4) is 0 Å². The monoisotopic (exact) mass is 241 g/mol. The van der Waals surface area contributed by atoms with Gasteiger partial charge in [-0.05, 0) is 19.1 Å². The quantitative estimate of drug-likeness (QED) is 0.818. The van der Waals surface area contributed by atoms with Gasteiger partial charge in [-0.1, -0.05) is 6.92 Å². The average molecular weight is 241 g/mol. The van der Waals surface area contributed by atoms with Gasteiger partial charge in [-0.2, -0.15) is 0 Å². The smallest absolute Gasteiger partial charge is 0.223 e. The summed E-state index contributed by atoms with van der Waals surface area (Å²) in [6, 6.07) is 3.87. The van der Waals surface area contributed by atoms with Crippen molar-refractivity contribution in [3.05, 3.63) is 29.6 Å². The van der Waals surface area contributed by atoms with Crippen molar-refractivity contribution >= 4 is 5.91 Å². The zero-order valence-corrected chi connectivity index (χ0v) is 9.81. The Balaban J connectivity index is 2.82. The van der Waals surface area contributed by atoms with E-state index in [-0.39, 0.29) is 12.4 Å². The van der Waals surface area contributed by atoms with Crippen molar-refractivity contribution in [2.75, 3.05) is 6.61 Å². The first kappa shape index (κ1) is 13.4. The standard InChI is InChI=1S/C12H16FNO3/c1-7(12(14)16)6-17-11-5-9(13)3-4-10(11)8(2)15/h3-5,7-8,15H,6H2,1-2H3,(H2,14,16). The van der Waals surface area contributed by atoms with Crippen LogP contribution >= 0.6 is 0 Å². The van der Waals surface area contributed by atoms with E-state index in [9.17, 15) is 14.3 Å². The number of carbonyl (C=O) groups excluding carboxylic acids is 1. The van der Waals surface area contributed by atoms with Crippen LogP contribution in [0.1, 0.15) is 25.5 Å². The fraction of sp³-hybridized carbons (Fsp3) is 0.417. The Morgan fingerprint density at radius 3 is 2.71 bits per heavy atom. The second kappa shape index (κ2) is 5.63. The molecule has 1 aromatic rings. The Labute approximate surface area is 99.2 Å². The van der Waals surface area contributed by atoms with Crippen LogP contribution in [-0.2, 0) is 4.79 Å². The molecule has 0 heterocycles. The fourth-order valence-corrected chi connectivity index (χ4v) is 1.28. The van der Waals surface area contributed by atoms with Crippen LogP contribution in [0.4, 0.5) is 4.39 Å². The van der Waals surface area contributed by atoms with Gasteiger partial charge in [-0.15, -0.1) is 0 Å². The van der Waals surface area contributed by atoms with Gasteiger partial charge in [0.1, 0.15) is 11.6 Å². The molecule has 0 fully saturated rings. The number of hydrogen-bond donors (Lipinski definition) is 2. The molecule has 2 unspecified atom stereocenters. The molecule has 1 aromatic carbocycles. The van der Waals surface area contributed by atoms with Gasteiger partial charge in [-0.25, -0.2) is 4.39 Å². The molecule has 1 rings (SSSR count). The average Bonchev–Trinajstić information content (AvgIpc) is 2.25. The van der Waals surface area contributed by atoms with E-state index < -0.39 is 23.7 Å². The van der Waals surface area contributed by atoms with Crippen LogP contribution in [0.15, 0.2) is 18.2 Å². The van der Waals surface area contributed by atoms with E-state index in [4.69, 9.17) is 10.5 Å². The highest BCUT2D eigenvalue weighted by Gasteiger charge is 2.14. The largest absolute Gasteiger partial charge is 0.492 e. The summed E-state index contributed by atoms with van der Waals surface area (Å²) in [4.78, 5) is 10.8. The number of aliphatic hydroxyl groups is 1. The predicted octanol–water partition coefficient (Wildman–Crippen LogP) is 1.38. The maximum atomic E-state index is 13.0. The van der Waals surface area contributed by atoms with Gasteiger partial charge in [0.2, 0.25) is 5.91 Å². The molecule has 3 N–H and O–H groups in total. The van der Waals surface area contributed by atoms with Gasteiger partial charge < -0.3 is 15.6 Å². The lowest BCUT2D eigenvalue weighted by atomic mass is 10.1. The van der Waals surface area contributed by atoms with E-state index in [1.165, 1.54) is 18.2 Å². The number of rotatable bonds is 5. The Morgan fingerprint density at radius 1 is 1.53 bits per heavy atom. The van der Waals surface area contributed by atoms with Crippen LogP contribution < -0.4 is 10.5 Å². The number of aliphatic hydroxyl groups excluding tert-OH is 1. The van der Waals surface area contributed by atoms with E-state index in [0.717, 1.165) is 0 Å². The summed E-state index contributed by atoms with van der Waals surface area (Å²) in [6.07, 6.45) is -0.769. The highest BCUT2D eigenvalue weighted by molar-refractivity contribution is 5.76. The van der Waals surface area contributed by atoms with Crippen LogP contribution in [0.25, 0.3) is 0 Å². The summed E-state index contributed by atoms with van der Waals surface area (Å²) in [6.45, 7) is 3.22. The van der Waals surface area contributed by atoms with E-state index in [1.54, 1.807) is 13.8 Å². The van der Waals surface area contributed by atoms with Crippen LogP contribution in [0.5, 0.6) is 5.75 Å². The Hall–Kier alpha value is -1.62. The van der Waals surface area contributed by atoms with Crippen LogP contribution in [0.2, 0.25) is 0 Å². The lowest BCUT2D eigenvalue weighted by Gasteiger charge is -2.15. The molecule has 5 heteroatoms. The molecule has 0 bridgehead atoms. The van der Waals surface area contributed by atoms with E-state index >= 15 is 0 Å². The SMILES string of the molecule is CC(COc1cc(F)ccc1C(C)O)C(N)=O. The molecule has 0 saturated carbocycles. The number of nitrogens with two attached hydrogens (primary N) is 1. The molecule has 0 aliphatic carbocycles. The molecule has 0 spiro atoms. The van der Waals surface area contributed by atoms with E-state index in [1.807, 2.05) is 0 Å². The van der Waals surface area contributed by atoms with Gasteiger partial charge in [0.25, 0.3) is 0 Å². The van der Waals surface area contributed by atoms with Crippen LogP contribution in [-0.4, -0.2) is 17.6 Å². The number of ether oxygens (including phenoxy) is 1. The van der Waals surface area contributed by atoms with Gasteiger partial charge in [0.05, 0.1) is 18.6 Å². The Bertz CT molecular complexity index is 407. The van der Waals surface area contributed by atoms with Gasteiger partial charge in [0.15, 0.2) is 0 Å². The highest BCUT2D eigenvalue weighted by Crippen LogP contribution is 2.26. The molecular weight excluding hydrogens is 225 g/mol. The van der Waals surface area contributed by atoms with Crippen LogP contribution in [0, 0.1) is 11.7 Å². The lowest BCUT2D eigenvalue weighted by molar-refractivity contribution is -0.122. The highest BCUT2D eigenvalue weighted by atomic mass is 19.1. The van der Waals surface area contributed by atoms with Crippen molar-refractivity contribution in [3.8, 4) is 5.75 Å². The number of hydrogen-bond acceptors (Lipinski definition) is 3. The second-order valence-corrected chi connectivity index (χ2v) is 3.97. The normalized spacial score (nSPS) is 14.1. The van der Waals surface area contributed by atoms with E-state index in [0.29, 0.717) is 5.56 Å². The first-order valence-electron chi connectivity index (χ1n) is 5.31. The fourth-order valence-electron chi connectivity index (χ4n) is 1.28. The zero-order chi connectivity index (χ0) is 13.0. The minimum Gasteiger partial charge on any atom is -0.492 e. The molecule has 17 heavy (non-hydrogen) atoms. The minimum absolute atomic E-state index is 0.0541. The number of halogens is 1. The molecule has 94 valence electrons. The molecule has 0 saturated heterocycles. The number of carbonyl (C=O) groups is 1. The molecule has 2 atom stereocenters. The van der Waals surface area contributed by atoms with Crippen molar-refractivity contribution in [2.45, 2.75) is 20.0 Å². The Morgan fingerprint density at radius 2 is 2.18 bits per heavy atom. The summed E-state index contributed by atoms with van der Waals surface area (Å²) in [7, 11) is 0. The summed E-state index contributed by atoms with van der Waals surface area (Å²) >= 11 is 0. The third-order valence-corrected chi connectivity index (χ3v) is 2.40. The predicted molar refractivity (Wildman–Crippen MR) is 60.9 cm³/mol. The Kier molecular flexibility index (Phi) is 4.45. The molecule has 0 aliphatic rings. The third kappa shape index (κ3) is 3.71. The number of benzene rings is 1. The molecule has 4 nitrogen and oxygen atoms in total. The van der Waals surface area contributed by atoms with Crippen molar-refractivity contribution in [1.82, 2.24) is 0 Å². The summed E-state index contributed by atoms with van der Waals surface area (Å²) in [5.74, 6) is -1.19. The molecular formula is C12H16FNO3. The summed E-state index contributed by atoms with van der Waals surface area (Å²) in [5.41, 5.74) is 5.56. The maximum absolute atomic E-state index is 13.0. The third-order valence-electron chi connectivity index (χ3n) is 2.40. The topological polar surface area (TPSA) is 72.6 Å². The lowest BCUT2D eigenvalue weighted by Crippen LogP contribution is -2.26. The van der Waals surface area contributed by atoms with Gasteiger partial charge >= 0.3 is 0 Å². The molecule has 1 amide bonds. The molecule has 0 aromatic heterocycles.